The summed E-state index contributed by atoms with van der Waals surface area (Å²) in [7, 11) is 0. The first kappa shape index (κ1) is 13.9. The molecule has 0 atom stereocenters. The molecule has 6 nitrogen and oxygen atoms in total. The topological polar surface area (TPSA) is 62.2 Å². The van der Waals surface area contributed by atoms with Crippen LogP contribution in [-0.2, 0) is 0 Å². The maximum absolute atomic E-state index is 12.4. The standard InChI is InChI=1S/C14H17N5OS/c1-11-16-12(10-21-11)14(20)19-7-3-6-18(8-9-19)13-4-2-5-15-17-13/h2,4-5,10H,3,6-9H2,1H3. The fourth-order valence-corrected chi connectivity index (χ4v) is 3.02. The first-order chi connectivity index (χ1) is 10.2. The summed E-state index contributed by atoms with van der Waals surface area (Å²) in [6, 6.07) is 3.84. The Morgan fingerprint density at radius 3 is 2.90 bits per heavy atom. The normalized spacial score (nSPS) is 15.9. The number of aryl methyl sites for hydroxylation is 1. The van der Waals surface area contributed by atoms with E-state index in [2.05, 4.69) is 20.1 Å². The molecule has 1 aliphatic rings. The number of rotatable bonds is 2. The van der Waals surface area contributed by atoms with E-state index in [9.17, 15) is 4.79 Å². The van der Waals surface area contributed by atoms with Gasteiger partial charge in [0.2, 0.25) is 0 Å². The molecule has 0 N–H and O–H groups in total. The van der Waals surface area contributed by atoms with Crippen LogP contribution in [0.4, 0.5) is 5.82 Å². The van der Waals surface area contributed by atoms with E-state index in [-0.39, 0.29) is 5.91 Å². The molecular formula is C14H17N5OS. The van der Waals surface area contributed by atoms with Crippen molar-refractivity contribution in [3.63, 3.8) is 0 Å². The molecular weight excluding hydrogens is 286 g/mol. The van der Waals surface area contributed by atoms with E-state index < -0.39 is 0 Å². The summed E-state index contributed by atoms with van der Waals surface area (Å²) in [6.07, 6.45) is 2.59. The molecule has 1 saturated heterocycles. The van der Waals surface area contributed by atoms with E-state index in [0.29, 0.717) is 12.2 Å². The van der Waals surface area contributed by atoms with Gasteiger partial charge in [-0.1, -0.05) is 0 Å². The minimum absolute atomic E-state index is 0.0281. The molecule has 0 unspecified atom stereocenters. The Morgan fingerprint density at radius 2 is 2.19 bits per heavy atom. The number of thiazole rings is 1. The first-order valence-electron chi connectivity index (χ1n) is 6.98. The van der Waals surface area contributed by atoms with Crippen molar-refractivity contribution in [1.82, 2.24) is 20.1 Å². The molecule has 21 heavy (non-hydrogen) atoms. The molecule has 7 heteroatoms. The molecule has 0 radical (unpaired) electrons. The van der Waals surface area contributed by atoms with E-state index in [1.54, 1.807) is 6.20 Å². The number of carbonyl (C=O) groups is 1. The summed E-state index contributed by atoms with van der Waals surface area (Å²) in [4.78, 5) is 20.8. The van der Waals surface area contributed by atoms with Gasteiger partial charge in [-0.15, -0.1) is 16.4 Å². The molecule has 2 aromatic rings. The smallest absolute Gasteiger partial charge is 0.273 e. The first-order valence-corrected chi connectivity index (χ1v) is 7.86. The highest BCUT2D eigenvalue weighted by atomic mass is 32.1. The van der Waals surface area contributed by atoms with Gasteiger partial charge in [0, 0.05) is 37.8 Å². The fourth-order valence-electron chi connectivity index (χ4n) is 2.44. The third-order valence-electron chi connectivity index (χ3n) is 3.50. The van der Waals surface area contributed by atoms with Crippen LogP contribution in [0.3, 0.4) is 0 Å². The van der Waals surface area contributed by atoms with Gasteiger partial charge in [-0.25, -0.2) is 4.98 Å². The fraction of sp³-hybridized carbons (Fsp3) is 0.429. The lowest BCUT2D eigenvalue weighted by molar-refractivity contribution is 0.0762. The average Bonchev–Trinajstić information content (AvgIpc) is 2.81. The van der Waals surface area contributed by atoms with Gasteiger partial charge in [-0.05, 0) is 25.5 Å². The van der Waals surface area contributed by atoms with Crippen LogP contribution in [0.25, 0.3) is 0 Å². The largest absolute Gasteiger partial charge is 0.353 e. The molecule has 1 fully saturated rings. The Labute approximate surface area is 127 Å². The zero-order chi connectivity index (χ0) is 14.7. The number of hydrogen-bond acceptors (Lipinski definition) is 6. The SMILES string of the molecule is Cc1nc(C(=O)N2CCCN(c3cccnn3)CC2)cs1. The second kappa shape index (κ2) is 6.17. The van der Waals surface area contributed by atoms with Gasteiger partial charge in [-0.2, -0.15) is 5.10 Å². The molecule has 0 aromatic carbocycles. The highest BCUT2D eigenvalue weighted by molar-refractivity contribution is 7.09. The van der Waals surface area contributed by atoms with Crippen LogP contribution in [0.1, 0.15) is 21.9 Å². The van der Waals surface area contributed by atoms with E-state index in [0.717, 1.165) is 36.9 Å². The molecule has 0 saturated carbocycles. The number of aromatic nitrogens is 3. The van der Waals surface area contributed by atoms with Crippen molar-refractivity contribution in [3.8, 4) is 0 Å². The van der Waals surface area contributed by atoms with E-state index >= 15 is 0 Å². The lowest BCUT2D eigenvalue weighted by Crippen LogP contribution is -2.35. The van der Waals surface area contributed by atoms with Gasteiger partial charge in [0.1, 0.15) is 5.69 Å². The Balaban J connectivity index is 1.67. The molecule has 0 aliphatic carbocycles. The summed E-state index contributed by atoms with van der Waals surface area (Å²) < 4.78 is 0. The Bertz CT molecular complexity index is 615. The molecule has 1 amide bonds. The maximum atomic E-state index is 12.4. The van der Waals surface area contributed by atoms with Crippen molar-refractivity contribution < 1.29 is 4.79 Å². The Hall–Kier alpha value is -2.02. The van der Waals surface area contributed by atoms with Gasteiger partial charge in [-0.3, -0.25) is 4.79 Å². The summed E-state index contributed by atoms with van der Waals surface area (Å²) >= 11 is 1.51. The van der Waals surface area contributed by atoms with E-state index in [1.807, 2.05) is 29.3 Å². The predicted molar refractivity (Wildman–Crippen MR) is 81.6 cm³/mol. The second-order valence-corrected chi connectivity index (χ2v) is 6.03. The molecule has 0 spiro atoms. The summed E-state index contributed by atoms with van der Waals surface area (Å²) in [5.74, 6) is 0.900. The van der Waals surface area contributed by atoms with E-state index in [4.69, 9.17) is 0 Å². The predicted octanol–water partition coefficient (Wildman–Crippen LogP) is 1.59. The number of nitrogens with zero attached hydrogens (tertiary/aromatic N) is 5. The van der Waals surface area contributed by atoms with Crippen LogP contribution < -0.4 is 4.90 Å². The van der Waals surface area contributed by atoms with Gasteiger partial charge < -0.3 is 9.80 Å². The van der Waals surface area contributed by atoms with Crippen molar-refractivity contribution in [3.05, 3.63) is 34.4 Å². The minimum atomic E-state index is 0.0281. The van der Waals surface area contributed by atoms with Gasteiger partial charge in [0.15, 0.2) is 5.82 Å². The van der Waals surface area contributed by atoms with Crippen LogP contribution in [0.2, 0.25) is 0 Å². The molecule has 110 valence electrons. The summed E-state index contributed by atoms with van der Waals surface area (Å²) in [6.45, 7) is 5.02. The number of anilines is 1. The Kier molecular flexibility index (Phi) is 4.10. The van der Waals surface area contributed by atoms with Gasteiger partial charge >= 0.3 is 0 Å². The third kappa shape index (κ3) is 3.18. The van der Waals surface area contributed by atoms with Crippen molar-refractivity contribution in [1.29, 1.82) is 0 Å². The lowest BCUT2D eigenvalue weighted by atomic mass is 10.3. The van der Waals surface area contributed by atoms with Crippen molar-refractivity contribution in [2.24, 2.45) is 0 Å². The van der Waals surface area contributed by atoms with Gasteiger partial charge in [0.25, 0.3) is 5.91 Å². The number of amides is 1. The van der Waals surface area contributed by atoms with Crippen molar-refractivity contribution in [2.45, 2.75) is 13.3 Å². The monoisotopic (exact) mass is 303 g/mol. The second-order valence-electron chi connectivity index (χ2n) is 4.97. The van der Waals surface area contributed by atoms with Crippen LogP contribution in [0.15, 0.2) is 23.7 Å². The van der Waals surface area contributed by atoms with Crippen LogP contribution in [0, 0.1) is 6.92 Å². The molecule has 3 rings (SSSR count). The maximum Gasteiger partial charge on any atom is 0.273 e. The zero-order valence-corrected chi connectivity index (χ0v) is 12.7. The highest BCUT2D eigenvalue weighted by Gasteiger charge is 2.22. The van der Waals surface area contributed by atoms with E-state index in [1.165, 1.54) is 11.3 Å². The van der Waals surface area contributed by atoms with Crippen LogP contribution >= 0.6 is 11.3 Å². The molecule has 2 aromatic heterocycles. The highest BCUT2D eigenvalue weighted by Crippen LogP contribution is 2.15. The zero-order valence-electron chi connectivity index (χ0n) is 11.9. The molecule has 3 heterocycles. The van der Waals surface area contributed by atoms with Crippen LogP contribution in [-0.4, -0.2) is 52.2 Å². The quantitative estimate of drug-likeness (QED) is 0.843. The number of carbonyl (C=O) groups excluding carboxylic acids is 1. The average molecular weight is 303 g/mol. The van der Waals surface area contributed by atoms with Crippen molar-refractivity contribution >= 4 is 23.1 Å². The summed E-state index contributed by atoms with van der Waals surface area (Å²) in [5, 5.41) is 10.8. The van der Waals surface area contributed by atoms with Crippen LogP contribution in [0.5, 0.6) is 0 Å². The van der Waals surface area contributed by atoms with Gasteiger partial charge in [0.05, 0.1) is 5.01 Å². The minimum Gasteiger partial charge on any atom is -0.353 e. The third-order valence-corrected chi connectivity index (χ3v) is 4.28. The van der Waals surface area contributed by atoms with Crippen molar-refractivity contribution in [2.75, 3.05) is 31.1 Å². The number of hydrogen-bond donors (Lipinski definition) is 0. The Morgan fingerprint density at radius 1 is 1.29 bits per heavy atom. The molecule has 0 bridgehead atoms. The summed E-state index contributed by atoms with van der Waals surface area (Å²) in [5.41, 5.74) is 0.561. The lowest BCUT2D eigenvalue weighted by Gasteiger charge is -2.21. The molecule has 1 aliphatic heterocycles.